The van der Waals surface area contributed by atoms with Crippen molar-refractivity contribution in [3.05, 3.63) is 39.4 Å². The summed E-state index contributed by atoms with van der Waals surface area (Å²) in [5.41, 5.74) is 0.461. The number of aliphatic carboxylic acids is 1. The van der Waals surface area contributed by atoms with E-state index in [-0.39, 0.29) is 17.8 Å². The molecule has 21 heavy (non-hydrogen) atoms. The molecule has 1 aromatic carbocycles. The number of aryl methyl sites for hydroxylation is 1. The second-order valence-corrected chi connectivity index (χ2v) is 4.11. The Kier molecular flexibility index (Phi) is 5.35. The summed E-state index contributed by atoms with van der Waals surface area (Å²) in [6.07, 6.45) is 0. The van der Waals surface area contributed by atoms with Crippen molar-refractivity contribution in [3.8, 4) is 0 Å². The molecule has 0 aliphatic heterocycles. The van der Waals surface area contributed by atoms with Gasteiger partial charge < -0.3 is 15.7 Å². The summed E-state index contributed by atoms with van der Waals surface area (Å²) in [6, 6.07) is 3.73. The molecular formula is C12H13N3O6. The molecule has 0 spiro atoms. The van der Waals surface area contributed by atoms with Crippen molar-refractivity contribution in [2.45, 2.75) is 6.92 Å². The van der Waals surface area contributed by atoms with Crippen LogP contribution in [0.2, 0.25) is 0 Å². The summed E-state index contributed by atoms with van der Waals surface area (Å²) < 4.78 is 0. The minimum atomic E-state index is -1.19. The largest absolute Gasteiger partial charge is 0.480 e. The number of hydrogen-bond donors (Lipinski definition) is 3. The van der Waals surface area contributed by atoms with Gasteiger partial charge in [-0.15, -0.1) is 0 Å². The van der Waals surface area contributed by atoms with Gasteiger partial charge >= 0.3 is 5.97 Å². The van der Waals surface area contributed by atoms with Crippen molar-refractivity contribution in [3.63, 3.8) is 0 Å². The predicted molar refractivity (Wildman–Crippen MR) is 70.8 cm³/mol. The van der Waals surface area contributed by atoms with E-state index in [9.17, 15) is 24.5 Å². The molecule has 1 aromatic rings. The molecule has 0 radical (unpaired) electrons. The molecule has 0 aliphatic rings. The van der Waals surface area contributed by atoms with Crippen LogP contribution in [0.4, 0.5) is 5.69 Å². The first-order chi connectivity index (χ1) is 9.81. The zero-order chi connectivity index (χ0) is 16.0. The van der Waals surface area contributed by atoms with E-state index in [4.69, 9.17) is 5.11 Å². The number of carboxylic acid groups (broad SMARTS) is 1. The van der Waals surface area contributed by atoms with Gasteiger partial charge in [-0.05, 0) is 18.6 Å². The van der Waals surface area contributed by atoms with Crippen molar-refractivity contribution in [1.82, 2.24) is 10.6 Å². The highest BCUT2D eigenvalue weighted by Crippen LogP contribution is 2.16. The summed E-state index contributed by atoms with van der Waals surface area (Å²) in [4.78, 5) is 43.3. The number of benzene rings is 1. The highest BCUT2D eigenvalue weighted by molar-refractivity contribution is 5.98. The molecule has 0 aliphatic carbocycles. The van der Waals surface area contributed by atoms with Gasteiger partial charge in [0, 0.05) is 17.7 Å². The lowest BCUT2D eigenvalue weighted by atomic mass is 10.1. The Morgan fingerprint density at radius 1 is 1.24 bits per heavy atom. The van der Waals surface area contributed by atoms with Gasteiger partial charge in [-0.2, -0.15) is 0 Å². The molecule has 0 heterocycles. The van der Waals surface area contributed by atoms with Crippen molar-refractivity contribution in [1.29, 1.82) is 0 Å². The third kappa shape index (κ3) is 4.90. The second-order valence-electron chi connectivity index (χ2n) is 4.11. The Bertz CT molecular complexity index is 599. The van der Waals surface area contributed by atoms with Crippen molar-refractivity contribution in [2.24, 2.45) is 0 Å². The fourth-order valence-electron chi connectivity index (χ4n) is 1.51. The van der Waals surface area contributed by atoms with Gasteiger partial charge in [0.15, 0.2) is 0 Å². The van der Waals surface area contributed by atoms with Crippen LogP contribution in [0.5, 0.6) is 0 Å². The number of nitrogens with zero attached hydrogens (tertiary/aromatic N) is 1. The Hall–Kier alpha value is -2.97. The fraction of sp³-hybridized carbons (Fsp3) is 0.250. The van der Waals surface area contributed by atoms with E-state index < -0.39 is 29.3 Å². The van der Waals surface area contributed by atoms with Gasteiger partial charge in [-0.1, -0.05) is 0 Å². The Morgan fingerprint density at radius 3 is 2.43 bits per heavy atom. The third-order valence-corrected chi connectivity index (χ3v) is 2.51. The zero-order valence-electron chi connectivity index (χ0n) is 11.1. The first-order valence-corrected chi connectivity index (χ1v) is 5.83. The van der Waals surface area contributed by atoms with Gasteiger partial charge in [-0.25, -0.2) is 0 Å². The number of carboxylic acids is 1. The molecule has 9 nitrogen and oxygen atoms in total. The van der Waals surface area contributed by atoms with Crippen LogP contribution in [-0.2, 0) is 9.59 Å². The first kappa shape index (κ1) is 16.1. The maximum atomic E-state index is 11.8. The van der Waals surface area contributed by atoms with E-state index in [0.717, 1.165) is 0 Å². The molecule has 9 heteroatoms. The number of non-ortho nitro benzene ring substituents is 1. The summed E-state index contributed by atoms with van der Waals surface area (Å²) in [6.45, 7) is 0.611. The SMILES string of the molecule is Cc1cc([N+](=O)[O-])ccc1C(=O)NCC(=O)NCC(=O)O. The van der Waals surface area contributed by atoms with Crippen LogP contribution in [0.25, 0.3) is 0 Å². The normalized spacial score (nSPS) is 9.76. The molecular weight excluding hydrogens is 282 g/mol. The molecule has 0 saturated carbocycles. The lowest BCUT2D eigenvalue weighted by molar-refractivity contribution is -0.384. The number of hydrogen-bond acceptors (Lipinski definition) is 5. The van der Waals surface area contributed by atoms with Gasteiger partial charge in [0.2, 0.25) is 5.91 Å². The molecule has 0 fully saturated rings. The maximum Gasteiger partial charge on any atom is 0.322 e. The van der Waals surface area contributed by atoms with Crippen molar-refractivity contribution in [2.75, 3.05) is 13.1 Å². The molecule has 0 atom stereocenters. The monoisotopic (exact) mass is 295 g/mol. The van der Waals surface area contributed by atoms with E-state index in [1.54, 1.807) is 0 Å². The average molecular weight is 295 g/mol. The molecule has 0 bridgehead atoms. The van der Waals surface area contributed by atoms with E-state index in [2.05, 4.69) is 10.6 Å². The van der Waals surface area contributed by atoms with Crippen LogP contribution >= 0.6 is 0 Å². The molecule has 112 valence electrons. The minimum Gasteiger partial charge on any atom is -0.480 e. The number of carbonyl (C=O) groups is 3. The van der Waals surface area contributed by atoms with E-state index in [1.807, 2.05) is 0 Å². The molecule has 3 N–H and O–H groups in total. The lowest BCUT2D eigenvalue weighted by Gasteiger charge is -2.07. The number of nitro benzene ring substituents is 1. The second kappa shape index (κ2) is 6.98. The molecule has 2 amide bonds. The lowest BCUT2D eigenvalue weighted by Crippen LogP contribution is -2.39. The molecule has 1 rings (SSSR count). The van der Waals surface area contributed by atoms with Crippen LogP contribution in [-0.4, -0.2) is 40.9 Å². The van der Waals surface area contributed by atoms with Gasteiger partial charge in [-0.3, -0.25) is 24.5 Å². The smallest absolute Gasteiger partial charge is 0.322 e. The third-order valence-electron chi connectivity index (χ3n) is 2.51. The van der Waals surface area contributed by atoms with Gasteiger partial charge in [0.05, 0.1) is 11.5 Å². The number of rotatable bonds is 6. The van der Waals surface area contributed by atoms with E-state index >= 15 is 0 Å². The van der Waals surface area contributed by atoms with Gasteiger partial charge in [0.1, 0.15) is 6.54 Å². The Morgan fingerprint density at radius 2 is 1.90 bits per heavy atom. The Labute approximate surface area is 119 Å². The predicted octanol–water partition coefficient (Wildman–Crippen LogP) is -0.166. The number of amides is 2. The van der Waals surface area contributed by atoms with Crippen molar-refractivity contribution < 1.29 is 24.4 Å². The molecule has 0 aromatic heterocycles. The Balaban J connectivity index is 2.62. The van der Waals surface area contributed by atoms with Crippen LogP contribution in [0, 0.1) is 17.0 Å². The quantitative estimate of drug-likeness (QED) is 0.492. The van der Waals surface area contributed by atoms with Crippen LogP contribution in [0.3, 0.4) is 0 Å². The maximum absolute atomic E-state index is 11.8. The number of carbonyl (C=O) groups excluding carboxylic acids is 2. The molecule has 0 unspecified atom stereocenters. The zero-order valence-corrected chi connectivity index (χ0v) is 11.1. The summed E-state index contributed by atoms with van der Waals surface area (Å²) >= 11 is 0. The standard InChI is InChI=1S/C12H13N3O6/c1-7-4-8(15(20)21)2-3-9(7)12(19)14-5-10(16)13-6-11(17)18/h2-4H,5-6H2,1H3,(H,13,16)(H,14,19)(H,17,18). The minimum absolute atomic E-state index is 0.136. The first-order valence-electron chi connectivity index (χ1n) is 5.83. The summed E-state index contributed by atoms with van der Waals surface area (Å²) in [5.74, 6) is -2.42. The highest BCUT2D eigenvalue weighted by atomic mass is 16.6. The number of nitro groups is 1. The topological polar surface area (TPSA) is 139 Å². The van der Waals surface area contributed by atoms with E-state index in [1.165, 1.54) is 25.1 Å². The van der Waals surface area contributed by atoms with Crippen molar-refractivity contribution >= 4 is 23.5 Å². The van der Waals surface area contributed by atoms with E-state index in [0.29, 0.717) is 5.56 Å². The van der Waals surface area contributed by atoms with Crippen LogP contribution < -0.4 is 10.6 Å². The fourth-order valence-corrected chi connectivity index (χ4v) is 1.51. The summed E-state index contributed by atoms with van der Waals surface area (Å²) in [7, 11) is 0. The van der Waals surface area contributed by atoms with Crippen LogP contribution in [0.15, 0.2) is 18.2 Å². The molecule has 0 saturated heterocycles. The number of nitrogens with one attached hydrogen (secondary N) is 2. The highest BCUT2D eigenvalue weighted by Gasteiger charge is 2.14. The van der Waals surface area contributed by atoms with Crippen LogP contribution in [0.1, 0.15) is 15.9 Å². The van der Waals surface area contributed by atoms with Gasteiger partial charge in [0.25, 0.3) is 11.6 Å². The summed E-state index contributed by atoms with van der Waals surface area (Å²) in [5, 5.41) is 23.3. The average Bonchev–Trinajstić information content (AvgIpc) is 2.42.